The number of carbonyl (C=O) groups excluding carboxylic acids is 2. The number of hydrogen-bond acceptors (Lipinski definition) is 3. The molecule has 1 aromatic carbocycles. The van der Waals surface area contributed by atoms with Crippen LogP contribution in [-0.2, 0) is 16.6 Å². The summed E-state index contributed by atoms with van der Waals surface area (Å²) in [5.41, 5.74) is 1.96. The number of aryl methyl sites for hydroxylation is 2. The van der Waals surface area contributed by atoms with Crippen LogP contribution in [0, 0.1) is 12.8 Å². The van der Waals surface area contributed by atoms with Crippen LogP contribution in [0.15, 0.2) is 24.3 Å². The van der Waals surface area contributed by atoms with Crippen molar-refractivity contribution in [3.8, 4) is 0 Å². The maximum Gasteiger partial charge on any atom is 0.309 e. The first kappa shape index (κ1) is 18.5. The van der Waals surface area contributed by atoms with Gasteiger partial charge in [0.15, 0.2) is 0 Å². The Kier molecular flexibility index (Phi) is 4.21. The third-order valence-corrected chi connectivity index (χ3v) is 6.85. The van der Waals surface area contributed by atoms with Gasteiger partial charge in [0.2, 0.25) is 5.91 Å². The molecule has 3 heterocycles. The molecule has 28 heavy (non-hydrogen) atoms. The molecule has 1 unspecified atom stereocenters. The SMILES string of the molecule is Cc1c(C(=O)N2CCC3(CC2)C(C(=O)O)CC(=O)N3C)n(C)c2ccccc12. The molecule has 2 saturated heterocycles. The number of nitrogens with zero attached hydrogens (tertiary/aromatic N) is 3. The van der Waals surface area contributed by atoms with Gasteiger partial charge in [-0.2, -0.15) is 0 Å². The van der Waals surface area contributed by atoms with Crippen LogP contribution in [0.4, 0.5) is 0 Å². The lowest BCUT2D eigenvalue weighted by molar-refractivity contribution is -0.145. The third kappa shape index (κ3) is 2.45. The van der Waals surface area contributed by atoms with E-state index in [1.54, 1.807) is 16.8 Å². The fourth-order valence-electron chi connectivity index (χ4n) is 5.12. The third-order valence-electron chi connectivity index (χ3n) is 6.85. The molecule has 2 aliphatic heterocycles. The van der Waals surface area contributed by atoms with Crippen LogP contribution in [0.25, 0.3) is 10.9 Å². The van der Waals surface area contributed by atoms with E-state index in [1.807, 2.05) is 42.8 Å². The summed E-state index contributed by atoms with van der Waals surface area (Å²) in [6, 6.07) is 7.94. The number of likely N-dealkylation sites (tertiary alicyclic amines) is 2. The van der Waals surface area contributed by atoms with Crippen molar-refractivity contribution in [2.75, 3.05) is 20.1 Å². The standard InChI is InChI=1S/C21H25N3O4/c1-13-14-6-4-5-7-16(14)22(2)18(13)19(26)24-10-8-21(9-11-24)15(20(27)28)12-17(25)23(21)3/h4-7,15H,8-12H2,1-3H3,(H,27,28). The highest BCUT2D eigenvalue weighted by Gasteiger charge is 2.55. The summed E-state index contributed by atoms with van der Waals surface area (Å²) >= 11 is 0. The summed E-state index contributed by atoms with van der Waals surface area (Å²) in [6.45, 7) is 2.85. The van der Waals surface area contributed by atoms with E-state index in [4.69, 9.17) is 0 Å². The summed E-state index contributed by atoms with van der Waals surface area (Å²) in [5.74, 6) is -1.80. The van der Waals surface area contributed by atoms with Gasteiger partial charge in [0.25, 0.3) is 5.91 Å². The van der Waals surface area contributed by atoms with E-state index in [1.165, 1.54) is 0 Å². The largest absolute Gasteiger partial charge is 0.481 e. The minimum absolute atomic E-state index is 0.0371. The van der Waals surface area contributed by atoms with Gasteiger partial charge >= 0.3 is 5.97 Å². The van der Waals surface area contributed by atoms with Gasteiger partial charge in [-0.15, -0.1) is 0 Å². The Hall–Kier alpha value is -2.83. The normalized spacial score (nSPS) is 21.7. The number of rotatable bonds is 2. The Bertz CT molecular complexity index is 946. The number of para-hydroxylation sites is 1. The van der Waals surface area contributed by atoms with Crippen LogP contribution in [0.5, 0.6) is 0 Å². The number of amides is 2. The number of hydrogen-bond donors (Lipinski definition) is 1. The van der Waals surface area contributed by atoms with E-state index in [0.717, 1.165) is 16.5 Å². The number of carbonyl (C=O) groups is 3. The van der Waals surface area contributed by atoms with Crippen LogP contribution in [0.3, 0.4) is 0 Å². The Labute approximate surface area is 163 Å². The number of aromatic nitrogens is 1. The van der Waals surface area contributed by atoms with Crippen LogP contribution >= 0.6 is 0 Å². The second-order valence-corrected chi connectivity index (χ2v) is 7.99. The highest BCUT2D eigenvalue weighted by atomic mass is 16.4. The summed E-state index contributed by atoms with van der Waals surface area (Å²) in [4.78, 5) is 40.6. The van der Waals surface area contributed by atoms with Crippen LogP contribution < -0.4 is 0 Å². The molecular formula is C21H25N3O4. The predicted molar refractivity (Wildman–Crippen MR) is 104 cm³/mol. The maximum absolute atomic E-state index is 13.3. The summed E-state index contributed by atoms with van der Waals surface area (Å²) < 4.78 is 1.93. The summed E-state index contributed by atoms with van der Waals surface area (Å²) in [7, 11) is 3.59. The average molecular weight is 383 g/mol. The molecule has 1 N–H and O–H groups in total. The molecule has 0 saturated carbocycles. The lowest BCUT2D eigenvalue weighted by atomic mass is 9.77. The molecule has 1 aromatic heterocycles. The monoisotopic (exact) mass is 383 g/mol. The second kappa shape index (κ2) is 6.36. The first-order valence-electron chi connectivity index (χ1n) is 9.60. The molecule has 1 atom stereocenters. The second-order valence-electron chi connectivity index (χ2n) is 7.99. The van der Waals surface area contributed by atoms with Gasteiger partial charge < -0.3 is 19.5 Å². The Balaban J connectivity index is 1.60. The number of carboxylic acid groups (broad SMARTS) is 1. The van der Waals surface area contributed by atoms with Gasteiger partial charge in [0.1, 0.15) is 5.69 Å². The topological polar surface area (TPSA) is 82.8 Å². The zero-order chi connectivity index (χ0) is 20.2. The van der Waals surface area contributed by atoms with Gasteiger partial charge in [0, 0.05) is 44.5 Å². The maximum atomic E-state index is 13.3. The number of fused-ring (bicyclic) bond motifs is 1. The molecule has 2 aromatic rings. The van der Waals surface area contributed by atoms with Crippen molar-refractivity contribution in [3.05, 3.63) is 35.5 Å². The number of aliphatic carboxylic acids is 1. The highest BCUT2D eigenvalue weighted by Crippen LogP contribution is 2.43. The average Bonchev–Trinajstić information content (AvgIpc) is 3.08. The molecular weight excluding hydrogens is 358 g/mol. The molecule has 2 fully saturated rings. The van der Waals surface area contributed by atoms with Crippen molar-refractivity contribution in [2.45, 2.75) is 31.7 Å². The fourth-order valence-corrected chi connectivity index (χ4v) is 5.12. The minimum atomic E-state index is -0.929. The smallest absolute Gasteiger partial charge is 0.309 e. The Morgan fingerprint density at radius 3 is 2.39 bits per heavy atom. The van der Waals surface area contributed by atoms with Crippen molar-refractivity contribution in [1.29, 1.82) is 0 Å². The van der Waals surface area contributed by atoms with Gasteiger partial charge in [-0.1, -0.05) is 18.2 Å². The zero-order valence-corrected chi connectivity index (χ0v) is 16.4. The molecule has 4 rings (SSSR count). The molecule has 148 valence electrons. The van der Waals surface area contributed by atoms with Crippen molar-refractivity contribution in [1.82, 2.24) is 14.4 Å². The van der Waals surface area contributed by atoms with E-state index >= 15 is 0 Å². The van der Waals surface area contributed by atoms with Crippen LogP contribution in [0.1, 0.15) is 35.3 Å². The van der Waals surface area contributed by atoms with Gasteiger partial charge in [0.05, 0.1) is 11.5 Å². The van der Waals surface area contributed by atoms with Crippen molar-refractivity contribution >= 4 is 28.7 Å². The quantitative estimate of drug-likeness (QED) is 0.860. The van der Waals surface area contributed by atoms with Gasteiger partial charge in [-0.3, -0.25) is 14.4 Å². The van der Waals surface area contributed by atoms with E-state index in [2.05, 4.69) is 0 Å². The van der Waals surface area contributed by atoms with Gasteiger partial charge in [-0.05, 0) is 31.4 Å². The highest BCUT2D eigenvalue weighted by molar-refractivity contribution is 6.01. The molecule has 0 bridgehead atoms. The molecule has 2 amide bonds. The zero-order valence-electron chi connectivity index (χ0n) is 16.4. The lowest BCUT2D eigenvalue weighted by Gasteiger charge is -2.45. The van der Waals surface area contributed by atoms with Crippen molar-refractivity contribution in [3.63, 3.8) is 0 Å². The molecule has 7 heteroatoms. The minimum Gasteiger partial charge on any atom is -0.481 e. The summed E-state index contributed by atoms with van der Waals surface area (Å²) in [5, 5.41) is 10.7. The number of piperidine rings is 1. The van der Waals surface area contributed by atoms with Gasteiger partial charge in [-0.25, -0.2) is 0 Å². The number of benzene rings is 1. The van der Waals surface area contributed by atoms with Crippen molar-refractivity contribution < 1.29 is 19.5 Å². The lowest BCUT2D eigenvalue weighted by Crippen LogP contribution is -2.57. The Morgan fingerprint density at radius 2 is 1.79 bits per heavy atom. The molecule has 0 radical (unpaired) electrons. The van der Waals surface area contributed by atoms with E-state index in [9.17, 15) is 19.5 Å². The fraction of sp³-hybridized carbons (Fsp3) is 0.476. The molecule has 7 nitrogen and oxygen atoms in total. The number of carboxylic acids is 1. The van der Waals surface area contributed by atoms with E-state index < -0.39 is 17.4 Å². The predicted octanol–water partition coefficient (Wildman–Crippen LogP) is 2.02. The molecule has 0 aliphatic carbocycles. The van der Waals surface area contributed by atoms with Crippen LogP contribution in [-0.4, -0.2) is 62.9 Å². The van der Waals surface area contributed by atoms with Crippen molar-refractivity contribution in [2.24, 2.45) is 13.0 Å². The molecule has 2 aliphatic rings. The van der Waals surface area contributed by atoms with E-state index in [0.29, 0.717) is 31.6 Å². The van der Waals surface area contributed by atoms with Crippen LogP contribution in [0.2, 0.25) is 0 Å². The first-order valence-corrected chi connectivity index (χ1v) is 9.60. The first-order chi connectivity index (χ1) is 13.3. The Morgan fingerprint density at radius 1 is 1.14 bits per heavy atom. The molecule has 1 spiro atoms. The van der Waals surface area contributed by atoms with E-state index in [-0.39, 0.29) is 18.2 Å². The summed E-state index contributed by atoms with van der Waals surface area (Å²) in [6.07, 6.45) is 1.02.